The summed E-state index contributed by atoms with van der Waals surface area (Å²) in [5.41, 5.74) is 6.63. The molecule has 1 aliphatic rings. The first-order valence-electron chi connectivity index (χ1n) is 9.57. The third-order valence-electron chi connectivity index (χ3n) is 4.63. The van der Waals surface area contributed by atoms with Gasteiger partial charge in [-0.15, -0.1) is 12.4 Å². The van der Waals surface area contributed by atoms with Crippen LogP contribution in [0.1, 0.15) is 5.56 Å². The van der Waals surface area contributed by atoms with Crippen molar-refractivity contribution in [3.63, 3.8) is 0 Å². The lowest BCUT2D eigenvalue weighted by molar-refractivity contribution is -0.150. The Balaban J connectivity index is 0.00000385. The second kappa shape index (κ2) is 11.3. The number of carbonyl (C=O) groups is 3. The normalized spacial score (nSPS) is 16.3. The molecule has 0 aliphatic carbocycles. The van der Waals surface area contributed by atoms with E-state index in [4.69, 9.17) is 25.7 Å². The van der Waals surface area contributed by atoms with Crippen molar-refractivity contribution < 1.29 is 34.1 Å². The number of nitrogens with two attached hydrogens (primary N) is 1. The summed E-state index contributed by atoms with van der Waals surface area (Å²) in [5, 5.41) is 29.1. The molecule has 2 aromatic carbocycles. The lowest BCUT2D eigenvalue weighted by Crippen LogP contribution is -2.55. The fourth-order valence-corrected chi connectivity index (χ4v) is 3.06. The zero-order chi connectivity index (χ0) is 23.3. The van der Waals surface area contributed by atoms with Crippen LogP contribution in [-0.4, -0.2) is 65.8 Å². The van der Waals surface area contributed by atoms with Crippen LogP contribution in [0, 0.1) is 5.41 Å². The Morgan fingerprint density at radius 3 is 2.61 bits per heavy atom. The summed E-state index contributed by atoms with van der Waals surface area (Å²) in [4.78, 5) is 37.4. The van der Waals surface area contributed by atoms with E-state index in [-0.39, 0.29) is 37.1 Å². The molecule has 0 unspecified atom stereocenters. The molecular weight excluding hydrogens is 456 g/mol. The van der Waals surface area contributed by atoms with E-state index < -0.39 is 36.6 Å². The van der Waals surface area contributed by atoms with Crippen molar-refractivity contribution >= 4 is 47.4 Å². The topological polar surface area (TPSA) is 175 Å². The smallest absolute Gasteiger partial charge is 0.341 e. The maximum atomic E-state index is 12.9. The lowest BCUT2D eigenvalue weighted by atomic mass is 10.1. The number of carboxylic acid groups (broad SMARTS) is 1. The molecule has 3 rings (SSSR count). The van der Waals surface area contributed by atoms with E-state index in [1.807, 2.05) is 0 Å². The number of benzene rings is 2. The van der Waals surface area contributed by atoms with Crippen molar-refractivity contribution in [1.29, 1.82) is 5.41 Å². The molecule has 0 radical (unpaired) electrons. The van der Waals surface area contributed by atoms with Gasteiger partial charge in [-0.25, -0.2) is 4.79 Å². The summed E-state index contributed by atoms with van der Waals surface area (Å²) in [6.07, 6.45) is -3.20. The largest absolute Gasteiger partial charge is 0.482 e. The highest BCUT2D eigenvalue weighted by atomic mass is 35.5. The Labute approximate surface area is 195 Å². The molecular formula is C21H23ClN4O7. The van der Waals surface area contributed by atoms with Gasteiger partial charge >= 0.3 is 5.97 Å². The Hall–Kier alpha value is -3.67. The summed E-state index contributed by atoms with van der Waals surface area (Å²) in [6, 6.07) is 12.4. The van der Waals surface area contributed by atoms with E-state index in [1.54, 1.807) is 18.2 Å². The van der Waals surface area contributed by atoms with Gasteiger partial charge in [0.15, 0.2) is 18.8 Å². The van der Waals surface area contributed by atoms with Crippen LogP contribution in [0.2, 0.25) is 0 Å². The number of nitrogens with one attached hydrogen (secondary N) is 2. The van der Waals surface area contributed by atoms with Crippen molar-refractivity contribution in [3.05, 3.63) is 54.1 Å². The number of aliphatic hydroxyl groups is 1. The van der Waals surface area contributed by atoms with Gasteiger partial charge in [0.2, 0.25) is 0 Å². The van der Waals surface area contributed by atoms with Gasteiger partial charge in [0.05, 0.1) is 6.61 Å². The highest BCUT2D eigenvalue weighted by molar-refractivity contribution is 6.04. The van der Waals surface area contributed by atoms with Gasteiger partial charge in [-0.1, -0.05) is 6.07 Å². The van der Waals surface area contributed by atoms with Crippen molar-refractivity contribution in [1.82, 2.24) is 0 Å². The van der Waals surface area contributed by atoms with Gasteiger partial charge in [0.25, 0.3) is 11.8 Å². The number of aliphatic hydroxyl groups excluding tert-OH is 1. The SMILES string of the molecule is Cl.N=C(N)c1ccc(NC(=O)[C@H](O)[C@H]2OCCN(c3cccc(OCC(=O)O)c3)C2=O)cc1. The summed E-state index contributed by atoms with van der Waals surface area (Å²) in [5.74, 6) is -2.46. The Bertz CT molecular complexity index is 1030. The van der Waals surface area contributed by atoms with E-state index in [1.165, 1.54) is 35.2 Å². The first-order valence-corrected chi connectivity index (χ1v) is 9.57. The molecule has 1 fully saturated rings. The fourth-order valence-electron chi connectivity index (χ4n) is 3.06. The number of carbonyl (C=O) groups excluding carboxylic acids is 2. The maximum absolute atomic E-state index is 12.9. The van der Waals surface area contributed by atoms with Crippen LogP contribution in [0.15, 0.2) is 48.5 Å². The molecule has 33 heavy (non-hydrogen) atoms. The van der Waals surface area contributed by atoms with E-state index in [2.05, 4.69) is 5.32 Å². The number of hydrogen-bond acceptors (Lipinski definition) is 7. The lowest BCUT2D eigenvalue weighted by Gasteiger charge is -2.34. The molecule has 1 aliphatic heterocycles. The average molecular weight is 479 g/mol. The van der Waals surface area contributed by atoms with Gasteiger partial charge in [-0.05, 0) is 36.4 Å². The number of halogens is 1. The molecule has 1 saturated heterocycles. The summed E-state index contributed by atoms with van der Waals surface area (Å²) in [7, 11) is 0. The quantitative estimate of drug-likeness (QED) is 0.270. The number of rotatable bonds is 8. The molecule has 6 N–H and O–H groups in total. The van der Waals surface area contributed by atoms with Gasteiger partial charge < -0.3 is 35.6 Å². The van der Waals surface area contributed by atoms with E-state index in [0.29, 0.717) is 16.9 Å². The van der Waals surface area contributed by atoms with Crippen LogP contribution in [0.5, 0.6) is 5.75 Å². The third kappa shape index (κ3) is 6.42. The van der Waals surface area contributed by atoms with E-state index in [0.717, 1.165) is 0 Å². The van der Waals surface area contributed by atoms with Crippen molar-refractivity contribution in [3.8, 4) is 5.75 Å². The van der Waals surface area contributed by atoms with Crippen molar-refractivity contribution in [2.75, 3.05) is 30.0 Å². The molecule has 11 nitrogen and oxygen atoms in total. The zero-order valence-corrected chi connectivity index (χ0v) is 18.1. The second-order valence-electron chi connectivity index (χ2n) is 6.89. The van der Waals surface area contributed by atoms with E-state index >= 15 is 0 Å². The zero-order valence-electron chi connectivity index (χ0n) is 17.3. The van der Waals surface area contributed by atoms with Crippen LogP contribution < -0.4 is 20.7 Å². The number of amides is 2. The molecule has 1 heterocycles. The van der Waals surface area contributed by atoms with Gasteiger partial charge in [0.1, 0.15) is 11.6 Å². The van der Waals surface area contributed by atoms with Crippen molar-refractivity contribution in [2.24, 2.45) is 5.73 Å². The Kier molecular flexibility index (Phi) is 8.74. The minimum atomic E-state index is -1.77. The van der Waals surface area contributed by atoms with Crippen LogP contribution in [0.4, 0.5) is 11.4 Å². The predicted octanol–water partition coefficient (Wildman–Crippen LogP) is 0.587. The number of amidine groups is 1. The standard InChI is InChI=1S/C21H22N4O7.ClH/c22-19(23)12-4-6-13(7-5-12)24-20(29)17(28)18-21(30)25(8-9-31-18)14-2-1-3-15(10-14)32-11-16(26)27;/h1-7,10,17-18,28H,8-9,11H2,(H3,22,23)(H,24,29)(H,26,27);1H/t17-,18-;/m1./s1. The highest BCUT2D eigenvalue weighted by Gasteiger charge is 2.39. The highest BCUT2D eigenvalue weighted by Crippen LogP contribution is 2.25. The van der Waals surface area contributed by atoms with Crippen LogP contribution in [-0.2, 0) is 19.1 Å². The molecule has 12 heteroatoms. The third-order valence-corrected chi connectivity index (χ3v) is 4.63. The molecule has 2 atom stereocenters. The molecule has 0 saturated carbocycles. The Morgan fingerprint density at radius 2 is 1.97 bits per heavy atom. The number of hydrogen-bond donors (Lipinski definition) is 5. The van der Waals surface area contributed by atoms with Crippen LogP contribution in [0.25, 0.3) is 0 Å². The van der Waals surface area contributed by atoms with Gasteiger partial charge in [-0.3, -0.25) is 15.0 Å². The predicted molar refractivity (Wildman–Crippen MR) is 121 cm³/mol. The number of nitrogen functional groups attached to an aromatic ring is 1. The number of anilines is 2. The minimum Gasteiger partial charge on any atom is -0.482 e. The van der Waals surface area contributed by atoms with Gasteiger partial charge in [-0.2, -0.15) is 0 Å². The first kappa shape index (κ1) is 25.6. The number of carboxylic acids is 1. The average Bonchev–Trinajstić information content (AvgIpc) is 2.78. The summed E-state index contributed by atoms with van der Waals surface area (Å²) >= 11 is 0. The number of nitrogens with zero attached hydrogens (tertiary/aromatic N) is 1. The molecule has 2 amide bonds. The minimum absolute atomic E-state index is 0. The molecule has 0 aromatic heterocycles. The molecule has 0 bridgehead atoms. The summed E-state index contributed by atoms with van der Waals surface area (Å²) in [6.45, 7) is -0.276. The first-order chi connectivity index (χ1) is 15.3. The number of aliphatic carboxylic acids is 1. The maximum Gasteiger partial charge on any atom is 0.341 e. The number of morpholine rings is 1. The van der Waals surface area contributed by atoms with Crippen LogP contribution >= 0.6 is 12.4 Å². The van der Waals surface area contributed by atoms with Crippen molar-refractivity contribution in [2.45, 2.75) is 12.2 Å². The number of ether oxygens (including phenoxy) is 2. The monoisotopic (exact) mass is 478 g/mol. The second-order valence-corrected chi connectivity index (χ2v) is 6.89. The molecule has 0 spiro atoms. The Morgan fingerprint density at radius 1 is 1.27 bits per heavy atom. The van der Waals surface area contributed by atoms with E-state index in [9.17, 15) is 19.5 Å². The van der Waals surface area contributed by atoms with Gasteiger partial charge in [0, 0.05) is 29.5 Å². The molecule has 2 aromatic rings. The summed E-state index contributed by atoms with van der Waals surface area (Å²) < 4.78 is 10.5. The molecule has 176 valence electrons. The fraction of sp³-hybridized carbons (Fsp3) is 0.238. The van der Waals surface area contributed by atoms with Crippen LogP contribution in [0.3, 0.4) is 0 Å².